The van der Waals surface area contributed by atoms with Crippen LogP contribution in [0.25, 0.3) is 0 Å². The van der Waals surface area contributed by atoms with E-state index in [0.717, 1.165) is 18.5 Å². The summed E-state index contributed by atoms with van der Waals surface area (Å²) in [5.41, 5.74) is 0.991. The highest BCUT2D eigenvalue weighted by molar-refractivity contribution is 6.32. The summed E-state index contributed by atoms with van der Waals surface area (Å²) in [6.45, 7) is 1.36. The Balaban J connectivity index is 2.48. The van der Waals surface area contributed by atoms with Crippen molar-refractivity contribution in [3.05, 3.63) is 22.7 Å². The third-order valence-corrected chi connectivity index (χ3v) is 3.07. The zero-order valence-electron chi connectivity index (χ0n) is 12.0. The monoisotopic (exact) mass is 301 g/mol. The molecule has 1 N–H and O–H groups in total. The standard InChI is InChI=1S/C14H20ClNO4/c1-18-12-8-10(7-11(15)14(12)20-3)9-16-6-4-5-13(17)19-2/h7-8,16H,4-6,9H2,1-3H3. The Morgan fingerprint density at radius 3 is 2.60 bits per heavy atom. The molecule has 0 aromatic heterocycles. The van der Waals surface area contributed by atoms with Gasteiger partial charge in [-0.2, -0.15) is 0 Å². The first-order valence-electron chi connectivity index (χ1n) is 6.30. The van der Waals surface area contributed by atoms with Crippen molar-refractivity contribution in [2.24, 2.45) is 0 Å². The fourth-order valence-electron chi connectivity index (χ4n) is 1.77. The zero-order valence-corrected chi connectivity index (χ0v) is 12.8. The highest BCUT2D eigenvalue weighted by Gasteiger charge is 2.10. The van der Waals surface area contributed by atoms with Crippen LogP contribution in [-0.4, -0.2) is 33.8 Å². The normalized spacial score (nSPS) is 10.2. The molecular formula is C14H20ClNO4. The number of benzene rings is 1. The first-order chi connectivity index (χ1) is 9.62. The predicted molar refractivity (Wildman–Crippen MR) is 77.5 cm³/mol. The lowest BCUT2D eigenvalue weighted by Crippen LogP contribution is -2.16. The minimum absolute atomic E-state index is 0.194. The van der Waals surface area contributed by atoms with Gasteiger partial charge in [0.05, 0.1) is 26.4 Å². The summed E-state index contributed by atoms with van der Waals surface area (Å²) in [4.78, 5) is 10.9. The van der Waals surface area contributed by atoms with Gasteiger partial charge >= 0.3 is 5.97 Å². The van der Waals surface area contributed by atoms with Crippen LogP contribution >= 0.6 is 11.6 Å². The van der Waals surface area contributed by atoms with Crippen LogP contribution in [0.15, 0.2) is 12.1 Å². The van der Waals surface area contributed by atoms with Crippen molar-refractivity contribution in [3.8, 4) is 11.5 Å². The van der Waals surface area contributed by atoms with E-state index in [0.29, 0.717) is 29.5 Å². The van der Waals surface area contributed by atoms with Crippen molar-refractivity contribution in [2.75, 3.05) is 27.9 Å². The summed E-state index contributed by atoms with van der Waals surface area (Å²) >= 11 is 6.12. The van der Waals surface area contributed by atoms with Crippen LogP contribution in [0.3, 0.4) is 0 Å². The van der Waals surface area contributed by atoms with E-state index in [4.69, 9.17) is 21.1 Å². The molecule has 0 spiro atoms. The molecule has 0 heterocycles. The number of carbonyl (C=O) groups is 1. The van der Waals surface area contributed by atoms with Gasteiger partial charge in [0.25, 0.3) is 0 Å². The number of hydrogen-bond donors (Lipinski definition) is 1. The highest BCUT2D eigenvalue weighted by atomic mass is 35.5. The van der Waals surface area contributed by atoms with Gasteiger partial charge in [-0.25, -0.2) is 0 Å². The van der Waals surface area contributed by atoms with Crippen molar-refractivity contribution < 1.29 is 19.0 Å². The van der Waals surface area contributed by atoms with Crippen LogP contribution in [0, 0.1) is 0 Å². The van der Waals surface area contributed by atoms with Gasteiger partial charge in [0.2, 0.25) is 0 Å². The van der Waals surface area contributed by atoms with Crippen LogP contribution in [0.1, 0.15) is 18.4 Å². The maximum absolute atomic E-state index is 10.9. The van der Waals surface area contributed by atoms with Crippen molar-refractivity contribution in [2.45, 2.75) is 19.4 Å². The summed E-state index contributed by atoms with van der Waals surface area (Å²) in [5.74, 6) is 0.941. The zero-order chi connectivity index (χ0) is 15.0. The number of halogens is 1. The van der Waals surface area contributed by atoms with E-state index in [-0.39, 0.29) is 5.97 Å². The Labute approximate surface area is 124 Å². The van der Waals surface area contributed by atoms with Crippen molar-refractivity contribution in [1.29, 1.82) is 0 Å². The van der Waals surface area contributed by atoms with E-state index in [2.05, 4.69) is 10.1 Å². The minimum atomic E-state index is -0.194. The molecule has 0 aliphatic heterocycles. The molecule has 0 amide bonds. The molecule has 0 atom stereocenters. The number of ether oxygens (including phenoxy) is 3. The predicted octanol–water partition coefficient (Wildman–Crippen LogP) is 2.40. The molecule has 0 aliphatic carbocycles. The highest BCUT2D eigenvalue weighted by Crippen LogP contribution is 2.35. The molecule has 0 aliphatic rings. The average molecular weight is 302 g/mol. The lowest BCUT2D eigenvalue weighted by atomic mass is 10.2. The smallest absolute Gasteiger partial charge is 0.305 e. The summed E-state index contributed by atoms with van der Waals surface area (Å²) < 4.78 is 15.0. The molecule has 5 nitrogen and oxygen atoms in total. The Hall–Kier alpha value is -1.46. The lowest BCUT2D eigenvalue weighted by Gasteiger charge is -2.12. The molecule has 0 bridgehead atoms. The van der Waals surface area contributed by atoms with Gasteiger partial charge in [0, 0.05) is 13.0 Å². The second kappa shape index (κ2) is 8.66. The SMILES string of the molecule is COC(=O)CCCNCc1cc(Cl)c(OC)c(OC)c1. The molecule has 0 fully saturated rings. The number of nitrogens with one attached hydrogen (secondary N) is 1. The maximum Gasteiger partial charge on any atom is 0.305 e. The molecular weight excluding hydrogens is 282 g/mol. The molecule has 1 aromatic carbocycles. The Morgan fingerprint density at radius 2 is 2.00 bits per heavy atom. The minimum Gasteiger partial charge on any atom is -0.493 e. The number of methoxy groups -OCH3 is 3. The quantitative estimate of drug-likeness (QED) is 0.590. The Kier molecular flexibility index (Phi) is 7.18. The third kappa shape index (κ3) is 4.90. The fraction of sp³-hybridized carbons (Fsp3) is 0.500. The largest absolute Gasteiger partial charge is 0.493 e. The van der Waals surface area contributed by atoms with E-state index < -0.39 is 0 Å². The summed E-state index contributed by atoms with van der Waals surface area (Å²) in [5, 5.41) is 3.75. The second-order valence-corrected chi connectivity index (χ2v) is 4.58. The number of carbonyl (C=O) groups excluding carboxylic acids is 1. The Bertz CT molecular complexity index is 451. The van der Waals surface area contributed by atoms with E-state index in [1.54, 1.807) is 14.2 Å². The van der Waals surface area contributed by atoms with Gasteiger partial charge in [-0.05, 0) is 30.7 Å². The van der Waals surface area contributed by atoms with Gasteiger partial charge in [0.1, 0.15) is 0 Å². The Morgan fingerprint density at radius 1 is 1.25 bits per heavy atom. The summed E-state index contributed by atoms with van der Waals surface area (Å²) in [7, 11) is 4.51. The van der Waals surface area contributed by atoms with Gasteiger partial charge in [-0.3, -0.25) is 4.79 Å². The van der Waals surface area contributed by atoms with Gasteiger partial charge in [0.15, 0.2) is 11.5 Å². The first kappa shape index (κ1) is 16.6. The number of rotatable bonds is 8. The topological polar surface area (TPSA) is 56.8 Å². The number of hydrogen-bond acceptors (Lipinski definition) is 5. The maximum atomic E-state index is 10.9. The molecule has 0 unspecified atom stereocenters. The van der Waals surface area contributed by atoms with Gasteiger partial charge in [-0.15, -0.1) is 0 Å². The van der Waals surface area contributed by atoms with Crippen LogP contribution in [0.5, 0.6) is 11.5 Å². The van der Waals surface area contributed by atoms with Gasteiger partial charge < -0.3 is 19.5 Å². The molecule has 20 heavy (non-hydrogen) atoms. The van der Waals surface area contributed by atoms with E-state index in [1.807, 2.05) is 12.1 Å². The summed E-state index contributed by atoms with van der Waals surface area (Å²) in [6.07, 6.45) is 1.14. The summed E-state index contributed by atoms with van der Waals surface area (Å²) in [6, 6.07) is 3.70. The van der Waals surface area contributed by atoms with Crippen LogP contribution in [0.2, 0.25) is 5.02 Å². The van der Waals surface area contributed by atoms with Crippen molar-refractivity contribution >= 4 is 17.6 Å². The first-order valence-corrected chi connectivity index (χ1v) is 6.68. The fourth-order valence-corrected chi connectivity index (χ4v) is 2.08. The molecule has 112 valence electrons. The van der Waals surface area contributed by atoms with Crippen molar-refractivity contribution in [1.82, 2.24) is 5.32 Å². The van der Waals surface area contributed by atoms with E-state index >= 15 is 0 Å². The average Bonchev–Trinajstić information content (AvgIpc) is 2.45. The number of esters is 1. The molecule has 1 rings (SSSR count). The third-order valence-electron chi connectivity index (χ3n) is 2.78. The molecule has 0 saturated heterocycles. The molecule has 6 heteroatoms. The molecule has 1 aromatic rings. The van der Waals surface area contributed by atoms with E-state index in [1.165, 1.54) is 7.11 Å². The molecule has 0 saturated carbocycles. The lowest BCUT2D eigenvalue weighted by molar-refractivity contribution is -0.140. The van der Waals surface area contributed by atoms with Crippen LogP contribution < -0.4 is 14.8 Å². The molecule has 0 radical (unpaired) electrons. The second-order valence-electron chi connectivity index (χ2n) is 4.17. The van der Waals surface area contributed by atoms with Crippen LogP contribution in [-0.2, 0) is 16.1 Å². The van der Waals surface area contributed by atoms with Crippen LogP contribution in [0.4, 0.5) is 0 Å². The van der Waals surface area contributed by atoms with Gasteiger partial charge in [-0.1, -0.05) is 11.6 Å². The van der Waals surface area contributed by atoms with E-state index in [9.17, 15) is 4.79 Å². The van der Waals surface area contributed by atoms with Crippen molar-refractivity contribution in [3.63, 3.8) is 0 Å².